The molecule has 1 aromatic carbocycles. The molecule has 0 spiro atoms. The van der Waals surface area contributed by atoms with E-state index in [2.05, 4.69) is 35.5 Å². The van der Waals surface area contributed by atoms with E-state index in [-0.39, 0.29) is 11.3 Å². The summed E-state index contributed by atoms with van der Waals surface area (Å²) in [6, 6.07) is 6.11. The van der Waals surface area contributed by atoms with Crippen molar-refractivity contribution in [3.8, 4) is 0 Å². The first-order chi connectivity index (χ1) is 9.94. The van der Waals surface area contributed by atoms with E-state index < -0.39 is 0 Å². The van der Waals surface area contributed by atoms with Crippen LogP contribution in [-0.2, 0) is 16.8 Å². The third kappa shape index (κ3) is 3.04. The SMILES string of the molecule is CC1(C)CC(=O)Nc2cc(NCc3cnc(Cl)s3)ccc21. The fourth-order valence-electron chi connectivity index (χ4n) is 2.59. The van der Waals surface area contributed by atoms with E-state index in [1.165, 1.54) is 16.9 Å². The summed E-state index contributed by atoms with van der Waals surface area (Å²) in [6.07, 6.45) is 2.29. The zero-order valence-corrected chi connectivity index (χ0v) is 13.4. The molecular formula is C15H16ClN3OS. The van der Waals surface area contributed by atoms with Crippen molar-refractivity contribution in [1.82, 2.24) is 4.98 Å². The summed E-state index contributed by atoms with van der Waals surface area (Å²) in [5.74, 6) is 0.0684. The Kier molecular flexibility index (Phi) is 3.63. The van der Waals surface area contributed by atoms with E-state index in [4.69, 9.17) is 11.6 Å². The van der Waals surface area contributed by atoms with Crippen LogP contribution in [0.2, 0.25) is 4.47 Å². The van der Waals surface area contributed by atoms with Crippen LogP contribution in [0, 0.1) is 0 Å². The maximum Gasteiger partial charge on any atom is 0.225 e. The topological polar surface area (TPSA) is 54.0 Å². The second-order valence-electron chi connectivity index (χ2n) is 5.80. The number of aromatic nitrogens is 1. The average Bonchev–Trinajstić information content (AvgIpc) is 2.80. The molecule has 0 unspecified atom stereocenters. The van der Waals surface area contributed by atoms with Crippen molar-refractivity contribution in [2.24, 2.45) is 0 Å². The Morgan fingerprint density at radius 3 is 3.00 bits per heavy atom. The van der Waals surface area contributed by atoms with Gasteiger partial charge < -0.3 is 10.6 Å². The molecule has 4 nitrogen and oxygen atoms in total. The molecule has 2 aromatic rings. The van der Waals surface area contributed by atoms with Gasteiger partial charge in [-0.2, -0.15) is 0 Å². The Morgan fingerprint density at radius 2 is 2.29 bits per heavy atom. The molecule has 1 aromatic heterocycles. The number of amides is 1. The molecule has 6 heteroatoms. The number of benzene rings is 1. The van der Waals surface area contributed by atoms with E-state index in [9.17, 15) is 4.79 Å². The van der Waals surface area contributed by atoms with Crippen LogP contribution in [-0.4, -0.2) is 10.9 Å². The van der Waals surface area contributed by atoms with Crippen molar-refractivity contribution >= 4 is 40.2 Å². The van der Waals surface area contributed by atoms with Gasteiger partial charge in [0.25, 0.3) is 0 Å². The summed E-state index contributed by atoms with van der Waals surface area (Å²) < 4.78 is 0.547. The Balaban J connectivity index is 1.79. The van der Waals surface area contributed by atoms with Crippen LogP contribution in [0.3, 0.4) is 0 Å². The van der Waals surface area contributed by atoms with E-state index >= 15 is 0 Å². The van der Waals surface area contributed by atoms with Gasteiger partial charge >= 0.3 is 0 Å². The van der Waals surface area contributed by atoms with Crippen LogP contribution in [0.15, 0.2) is 24.4 Å². The molecule has 0 aliphatic carbocycles. The summed E-state index contributed by atoms with van der Waals surface area (Å²) in [6.45, 7) is 4.86. The van der Waals surface area contributed by atoms with E-state index in [1.54, 1.807) is 6.20 Å². The number of halogens is 1. The number of hydrogen-bond acceptors (Lipinski definition) is 4. The first kappa shape index (κ1) is 14.4. The standard InChI is InChI=1S/C15H16ClN3OS/c1-15(2)6-13(20)19-12-5-9(3-4-11(12)15)17-7-10-8-18-14(16)21-10/h3-5,8,17H,6-7H2,1-2H3,(H,19,20). The fourth-order valence-corrected chi connectivity index (χ4v) is 3.51. The van der Waals surface area contributed by atoms with E-state index in [1.807, 2.05) is 12.1 Å². The molecule has 1 aliphatic rings. The largest absolute Gasteiger partial charge is 0.380 e. The van der Waals surface area contributed by atoms with Crippen molar-refractivity contribution < 1.29 is 4.79 Å². The number of nitrogens with zero attached hydrogens (tertiary/aromatic N) is 1. The van der Waals surface area contributed by atoms with Gasteiger partial charge in [0.15, 0.2) is 4.47 Å². The summed E-state index contributed by atoms with van der Waals surface area (Å²) in [5.41, 5.74) is 2.91. The lowest BCUT2D eigenvalue weighted by atomic mass is 9.78. The molecule has 0 atom stereocenters. The van der Waals surface area contributed by atoms with Crippen molar-refractivity contribution in [2.45, 2.75) is 32.2 Å². The second kappa shape index (κ2) is 5.31. The maximum atomic E-state index is 11.8. The Labute approximate surface area is 132 Å². The number of rotatable bonds is 3. The highest BCUT2D eigenvalue weighted by molar-refractivity contribution is 7.15. The lowest BCUT2D eigenvalue weighted by molar-refractivity contribution is -0.117. The molecule has 110 valence electrons. The highest BCUT2D eigenvalue weighted by Gasteiger charge is 2.31. The number of hydrogen-bond donors (Lipinski definition) is 2. The molecule has 0 saturated carbocycles. The quantitative estimate of drug-likeness (QED) is 0.897. The number of fused-ring (bicyclic) bond motifs is 1. The predicted molar refractivity (Wildman–Crippen MR) is 87.2 cm³/mol. The fraction of sp³-hybridized carbons (Fsp3) is 0.333. The molecule has 1 amide bonds. The van der Waals surface area contributed by atoms with Crippen LogP contribution in [0.1, 0.15) is 30.7 Å². The third-order valence-corrected chi connectivity index (χ3v) is 4.73. The van der Waals surface area contributed by atoms with Gasteiger partial charge in [-0.15, -0.1) is 11.3 Å². The van der Waals surface area contributed by atoms with Gasteiger partial charge in [-0.3, -0.25) is 4.79 Å². The van der Waals surface area contributed by atoms with Crippen molar-refractivity contribution in [2.75, 3.05) is 10.6 Å². The molecule has 21 heavy (non-hydrogen) atoms. The number of carbonyl (C=O) groups is 1. The number of carbonyl (C=O) groups excluding carboxylic acids is 1. The monoisotopic (exact) mass is 321 g/mol. The molecule has 0 radical (unpaired) electrons. The molecule has 0 bridgehead atoms. The normalized spacial score (nSPS) is 16.2. The van der Waals surface area contributed by atoms with E-state index in [0.717, 1.165) is 16.3 Å². The summed E-state index contributed by atoms with van der Waals surface area (Å²) in [4.78, 5) is 16.9. The van der Waals surface area contributed by atoms with Gasteiger partial charge in [-0.05, 0) is 17.7 Å². The van der Waals surface area contributed by atoms with E-state index in [0.29, 0.717) is 17.4 Å². The van der Waals surface area contributed by atoms with Gasteiger partial charge in [0, 0.05) is 34.3 Å². The highest BCUT2D eigenvalue weighted by Crippen LogP contribution is 2.38. The third-order valence-electron chi connectivity index (χ3n) is 3.62. The molecule has 2 N–H and O–H groups in total. The van der Waals surface area contributed by atoms with Crippen LogP contribution in [0.5, 0.6) is 0 Å². The second-order valence-corrected chi connectivity index (χ2v) is 7.50. The summed E-state index contributed by atoms with van der Waals surface area (Å²) in [5, 5.41) is 6.28. The minimum absolute atomic E-state index is 0.0684. The van der Waals surface area contributed by atoms with Gasteiger partial charge in [0.2, 0.25) is 5.91 Å². The minimum atomic E-state index is -0.124. The highest BCUT2D eigenvalue weighted by atomic mass is 35.5. The molecule has 3 rings (SSSR count). The molecule has 0 fully saturated rings. The first-order valence-corrected chi connectivity index (χ1v) is 7.92. The number of anilines is 2. The molecule has 0 saturated heterocycles. The molecular weight excluding hydrogens is 306 g/mol. The summed E-state index contributed by atoms with van der Waals surface area (Å²) >= 11 is 7.27. The van der Waals surface area contributed by atoms with Crippen LogP contribution in [0.4, 0.5) is 11.4 Å². The van der Waals surface area contributed by atoms with Crippen LogP contribution >= 0.6 is 22.9 Å². The first-order valence-electron chi connectivity index (χ1n) is 6.72. The Bertz CT molecular complexity index is 696. The lowest BCUT2D eigenvalue weighted by Gasteiger charge is -2.32. The minimum Gasteiger partial charge on any atom is -0.380 e. The lowest BCUT2D eigenvalue weighted by Crippen LogP contribution is -2.32. The molecule has 2 heterocycles. The summed E-state index contributed by atoms with van der Waals surface area (Å²) in [7, 11) is 0. The van der Waals surface area contributed by atoms with Crippen molar-refractivity contribution in [3.63, 3.8) is 0 Å². The zero-order chi connectivity index (χ0) is 15.0. The van der Waals surface area contributed by atoms with Crippen molar-refractivity contribution in [1.29, 1.82) is 0 Å². The van der Waals surface area contributed by atoms with Gasteiger partial charge in [-0.25, -0.2) is 4.98 Å². The van der Waals surface area contributed by atoms with Gasteiger partial charge in [-0.1, -0.05) is 31.5 Å². The number of nitrogens with one attached hydrogen (secondary N) is 2. The van der Waals surface area contributed by atoms with Crippen LogP contribution < -0.4 is 10.6 Å². The van der Waals surface area contributed by atoms with Gasteiger partial charge in [0.05, 0.1) is 6.54 Å². The van der Waals surface area contributed by atoms with Crippen molar-refractivity contribution in [3.05, 3.63) is 39.3 Å². The predicted octanol–water partition coefficient (Wildman–Crippen LogP) is 4.03. The number of thiazole rings is 1. The van der Waals surface area contributed by atoms with Crippen LogP contribution in [0.25, 0.3) is 0 Å². The zero-order valence-electron chi connectivity index (χ0n) is 11.9. The Morgan fingerprint density at radius 1 is 1.48 bits per heavy atom. The Hall–Kier alpha value is -1.59. The maximum absolute atomic E-state index is 11.8. The molecule has 1 aliphatic heterocycles. The average molecular weight is 322 g/mol. The smallest absolute Gasteiger partial charge is 0.225 e. The van der Waals surface area contributed by atoms with Gasteiger partial charge in [0.1, 0.15) is 0 Å².